The Labute approximate surface area is 215 Å². The summed E-state index contributed by atoms with van der Waals surface area (Å²) in [4.78, 5) is 29.7. The molecule has 1 aromatic carbocycles. The van der Waals surface area contributed by atoms with Crippen molar-refractivity contribution in [1.82, 2.24) is 9.80 Å². The molecule has 2 N–H and O–H groups in total. The first-order valence-electron chi connectivity index (χ1n) is 14.0. The molecule has 1 amide bonds. The van der Waals surface area contributed by atoms with E-state index in [1.165, 1.54) is 0 Å². The van der Waals surface area contributed by atoms with Gasteiger partial charge in [0, 0.05) is 24.7 Å². The van der Waals surface area contributed by atoms with E-state index in [1.807, 2.05) is 29.2 Å². The van der Waals surface area contributed by atoms with Crippen LogP contribution in [0.3, 0.4) is 0 Å². The molecule has 0 spiro atoms. The number of carbonyl (C=O) groups excluding carboxylic acids is 1. The van der Waals surface area contributed by atoms with E-state index in [2.05, 4.69) is 18.9 Å². The van der Waals surface area contributed by atoms with E-state index in [1.54, 1.807) is 0 Å². The van der Waals surface area contributed by atoms with Crippen LogP contribution in [0.2, 0.25) is 0 Å². The van der Waals surface area contributed by atoms with Gasteiger partial charge in [-0.05, 0) is 71.0 Å². The molecule has 36 heavy (non-hydrogen) atoms. The fourth-order valence-electron chi connectivity index (χ4n) is 6.79. The predicted octanol–water partition coefficient (Wildman–Crippen LogP) is 4.42. The Kier molecular flexibility index (Phi) is 8.61. The first-order valence-corrected chi connectivity index (χ1v) is 14.0. The van der Waals surface area contributed by atoms with Crippen LogP contribution in [0.4, 0.5) is 0 Å². The van der Waals surface area contributed by atoms with E-state index in [4.69, 9.17) is 4.74 Å². The number of likely N-dealkylation sites (tertiary alicyclic amines) is 2. The van der Waals surface area contributed by atoms with Gasteiger partial charge in [-0.25, -0.2) is 0 Å². The zero-order valence-electron chi connectivity index (χ0n) is 22.1. The van der Waals surface area contributed by atoms with Crippen molar-refractivity contribution in [3.8, 4) is 5.75 Å². The van der Waals surface area contributed by atoms with Crippen molar-refractivity contribution < 1.29 is 24.5 Å². The summed E-state index contributed by atoms with van der Waals surface area (Å²) in [5.74, 6) is 0.179. The summed E-state index contributed by atoms with van der Waals surface area (Å²) in [6, 6.07) is 7.86. The second kappa shape index (κ2) is 11.5. The number of aliphatic hydroxyl groups is 1. The van der Waals surface area contributed by atoms with E-state index in [-0.39, 0.29) is 11.8 Å². The van der Waals surface area contributed by atoms with E-state index in [0.29, 0.717) is 63.6 Å². The second-order valence-corrected chi connectivity index (χ2v) is 11.3. The molecular weight excluding hydrogens is 456 g/mol. The summed E-state index contributed by atoms with van der Waals surface area (Å²) >= 11 is 0. The zero-order valence-corrected chi connectivity index (χ0v) is 22.1. The van der Waals surface area contributed by atoms with Crippen LogP contribution in [0.5, 0.6) is 5.75 Å². The Balaban J connectivity index is 1.39. The van der Waals surface area contributed by atoms with Crippen molar-refractivity contribution in [2.45, 2.75) is 89.2 Å². The Morgan fingerprint density at radius 3 is 2.42 bits per heavy atom. The summed E-state index contributed by atoms with van der Waals surface area (Å²) in [6.07, 6.45) is 8.85. The van der Waals surface area contributed by atoms with Gasteiger partial charge in [-0.15, -0.1) is 0 Å². The number of hydrogen-bond donors (Lipinski definition) is 2. The van der Waals surface area contributed by atoms with Crippen LogP contribution in [0, 0.1) is 11.3 Å². The number of ether oxygens (including phenoxy) is 1. The van der Waals surface area contributed by atoms with Gasteiger partial charge in [0.1, 0.15) is 5.75 Å². The van der Waals surface area contributed by atoms with Crippen LogP contribution in [0.15, 0.2) is 24.3 Å². The largest absolute Gasteiger partial charge is 0.493 e. The van der Waals surface area contributed by atoms with Gasteiger partial charge in [0.05, 0.1) is 23.5 Å². The van der Waals surface area contributed by atoms with Crippen molar-refractivity contribution >= 4 is 11.9 Å². The van der Waals surface area contributed by atoms with Crippen molar-refractivity contribution in [3.63, 3.8) is 0 Å². The number of amides is 1. The van der Waals surface area contributed by atoms with Crippen molar-refractivity contribution in [1.29, 1.82) is 0 Å². The smallest absolute Gasteiger partial charge is 0.309 e. The minimum absolute atomic E-state index is 0.0441. The molecule has 2 saturated heterocycles. The summed E-state index contributed by atoms with van der Waals surface area (Å²) in [5.41, 5.74) is -0.994. The van der Waals surface area contributed by atoms with Gasteiger partial charge in [-0.3, -0.25) is 9.59 Å². The number of hydrogen-bond acceptors (Lipinski definition) is 5. The molecule has 1 aromatic rings. The number of carboxylic acid groups (broad SMARTS) is 1. The second-order valence-electron chi connectivity index (χ2n) is 11.3. The van der Waals surface area contributed by atoms with E-state index in [9.17, 15) is 19.8 Å². The molecule has 2 unspecified atom stereocenters. The van der Waals surface area contributed by atoms with Crippen LogP contribution >= 0.6 is 0 Å². The van der Waals surface area contributed by atoms with Gasteiger partial charge in [-0.2, -0.15) is 0 Å². The van der Waals surface area contributed by atoms with E-state index >= 15 is 0 Å². The Bertz CT molecular complexity index is 905. The molecule has 2 aliphatic heterocycles. The Morgan fingerprint density at radius 1 is 1.06 bits per heavy atom. The van der Waals surface area contributed by atoms with Crippen molar-refractivity contribution in [3.05, 3.63) is 29.8 Å². The molecule has 3 fully saturated rings. The Hall–Kier alpha value is -2.12. The Morgan fingerprint density at radius 2 is 1.75 bits per heavy atom. The number of nitrogens with zero attached hydrogens (tertiary/aromatic N) is 2. The SMILES string of the molecule is CCCC1C(C(=O)N2CCC(O)(c3ccccc3OCCC3(C(=O)O)CCCC3)CC2)CCCN1C. The normalized spacial score (nSPS) is 26.0. The third-order valence-corrected chi connectivity index (χ3v) is 9.10. The molecule has 0 radical (unpaired) electrons. The number of para-hydroxylation sites is 1. The van der Waals surface area contributed by atoms with Crippen LogP contribution < -0.4 is 4.74 Å². The summed E-state index contributed by atoms with van der Waals surface area (Å²) in [7, 11) is 2.14. The van der Waals surface area contributed by atoms with Gasteiger partial charge in [0.25, 0.3) is 0 Å². The lowest BCUT2D eigenvalue weighted by Gasteiger charge is -2.44. The van der Waals surface area contributed by atoms with E-state index < -0.39 is 17.0 Å². The highest BCUT2D eigenvalue weighted by atomic mass is 16.5. The molecule has 4 rings (SSSR count). The van der Waals surface area contributed by atoms with Gasteiger partial charge in [-0.1, -0.05) is 44.4 Å². The van der Waals surface area contributed by atoms with Crippen LogP contribution in [0.25, 0.3) is 0 Å². The molecule has 1 saturated carbocycles. The van der Waals surface area contributed by atoms with Crippen LogP contribution in [-0.2, 0) is 15.2 Å². The van der Waals surface area contributed by atoms with Crippen molar-refractivity contribution in [2.75, 3.05) is 33.3 Å². The molecule has 2 atom stereocenters. The lowest BCUT2D eigenvalue weighted by atomic mass is 9.81. The highest BCUT2D eigenvalue weighted by Crippen LogP contribution is 2.43. The molecular formula is C29H44N2O5. The zero-order chi connectivity index (χ0) is 25.8. The highest BCUT2D eigenvalue weighted by molar-refractivity contribution is 5.80. The molecule has 2 heterocycles. The van der Waals surface area contributed by atoms with Crippen LogP contribution in [0.1, 0.15) is 83.1 Å². The molecule has 1 aliphatic carbocycles. The van der Waals surface area contributed by atoms with Gasteiger partial charge in [0.2, 0.25) is 5.91 Å². The highest BCUT2D eigenvalue weighted by Gasteiger charge is 2.43. The average Bonchev–Trinajstić information content (AvgIpc) is 3.36. The molecule has 7 heteroatoms. The summed E-state index contributed by atoms with van der Waals surface area (Å²) in [5, 5.41) is 21.4. The lowest BCUT2D eigenvalue weighted by molar-refractivity contribution is -0.149. The number of benzene rings is 1. The topological polar surface area (TPSA) is 90.3 Å². The summed E-state index contributed by atoms with van der Waals surface area (Å²) < 4.78 is 6.11. The average molecular weight is 501 g/mol. The maximum absolute atomic E-state index is 13.5. The molecule has 7 nitrogen and oxygen atoms in total. The summed E-state index contributed by atoms with van der Waals surface area (Å²) in [6.45, 7) is 4.62. The fourth-order valence-corrected chi connectivity index (χ4v) is 6.79. The minimum atomic E-state index is -1.06. The predicted molar refractivity (Wildman–Crippen MR) is 139 cm³/mol. The third-order valence-electron chi connectivity index (χ3n) is 9.10. The maximum Gasteiger partial charge on any atom is 0.309 e. The third kappa shape index (κ3) is 5.57. The number of carboxylic acids is 1. The van der Waals surface area contributed by atoms with Gasteiger partial charge >= 0.3 is 5.97 Å². The molecule has 0 aromatic heterocycles. The number of piperidine rings is 2. The maximum atomic E-state index is 13.5. The van der Waals surface area contributed by atoms with E-state index in [0.717, 1.165) is 50.6 Å². The minimum Gasteiger partial charge on any atom is -0.493 e. The lowest BCUT2D eigenvalue weighted by Crippen LogP contribution is -2.53. The standard InChI is InChI=1S/C29H44N2O5/c1-3-9-24-22(10-8-18-30(24)2)26(32)31-19-15-29(35,16-20-31)23-11-4-5-12-25(23)36-21-17-28(27(33)34)13-6-7-14-28/h4-5,11-12,22,24,35H,3,6-10,13-21H2,1-2H3,(H,33,34). The first-order chi connectivity index (χ1) is 17.3. The molecule has 0 bridgehead atoms. The number of carbonyl (C=O) groups is 2. The van der Waals surface area contributed by atoms with Crippen molar-refractivity contribution in [2.24, 2.45) is 11.3 Å². The fraction of sp³-hybridized carbons (Fsp3) is 0.724. The molecule has 3 aliphatic rings. The molecule has 200 valence electrons. The van der Waals surface area contributed by atoms with Gasteiger partial charge < -0.3 is 24.7 Å². The van der Waals surface area contributed by atoms with Gasteiger partial charge in [0.15, 0.2) is 0 Å². The van der Waals surface area contributed by atoms with Crippen LogP contribution in [-0.4, -0.2) is 71.2 Å². The number of aliphatic carboxylic acids is 1. The quantitative estimate of drug-likeness (QED) is 0.522. The number of rotatable bonds is 9. The first kappa shape index (κ1) is 26.9. The monoisotopic (exact) mass is 500 g/mol.